The van der Waals surface area contributed by atoms with Gasteiger partial charge in [-0.1, -0.05) is 29.8 Å². The molecule has 0 heterocycles. The molecule has 0 saturated heterocycles. The number of benzene rings is 2. The average Bonchev–Trinajstić information content (AvgIpc) is 2.94. The van der Waals surface area contributed by atoms with E-state index >= 15 is 0 Å². The van der Waals surface area contributed by atoms with Gasteiger partial charge in [0.05, 0.1) is 5.41 Å². The second kappa shape index (κ2) is 6.15. The zero-order valence-electron chi connectivity index (χ0n) is 11.9. The Morgan fingerprint density at radius 2 is 1.73 bits per heavy atom. The monoisotopic (exact) mass is 333 g/mol. The topological polar surface area (TPSA) is 46.2 Å². The van der Waals surface area contributed by atoms with E-state index in [9.17, 15) is 8.42 Å². The predicted molar refractivity (Wildman–Crippen MR) is 91.5 cm³/mol. The van der Waals surface area contributed by atoms with E-state index in [0.29, 0.717) is 10.7 Å². The summed E-state index contributed by atoms with van der Waals surface area (Å²) >= 11 is 5.80. The molecule has 1 aliphatic carbocycles. The van der Waals surface area contributed by atoms with Crippen LogP contribution in [-0.2, 0) is 22.9 Å². The molecule has 22 heavy (non-hydrogen) atoms. The van der Waals surface area contributed by atoms with Crippen LogP contribution in [0.4, 0.5) is 5.69 Å². The molecule has 1 aliphatic rings. The smallest absolute Gasteiger partial charge is 0.255 e. The van der Waals surface area contributed by atoms with Crippen LogP contribution in [0.2, 0.25) is 5.02 Å². The first kappa shape index (κ1) is 15.1. The van der Waals surface area contributed by atoms with Gasteiger partial charge in [-0.25, -0.2) is 8.42 Å². The third-order valence-electron chi connectivity index (χ3n) is 3.67. The highest BCUT2D eigenvalue weighted by Gasteiger charge is 2.12. The van der Waals surface area contributed by atoms with E-state index in [2.05, 4.69) is 4.72 Å². The van der Waals surface area contributed by atoms with Crippen molar-refractivity contribution in [2.75, 3.05) is 4.72 Å². The first-order chi connectivity index (χ1) is 10.5. The Kier molecular flexibility index (Phi) is 4.23. The summed E-state index contributed by atoms with van der Waals surface area (Å²) in [7, 11) is -3.52. The Balaban J connectivity index is 1.74. The fraction of sp³-hybridized carbons (Fsp3) is 0.176. The molecule has 0 unspecified atom stereocenters. The zero-order chi connectivity index (χ0) is 15.6. The van der Waals surface area contributed by atoms with Crippen LogP contribution in [0, 0.1) is 0 Å². The van der Waals surface area contributed by atoms with Gasteiger partial charge in [-0.2, -0.15) is 0 Å². The fourth-order valence-electron chi connectivity index (χ4n) is 2.58. The number of fused-ring (bicyclic) bond motifs is 1. The summed E-state index contributed by atoms with van der Waals surface area (Å²) in [6.45, 7) is 0. The molecule has 114 valence electrons. The molecule has 0 saturated carbocycles. The van der Waals surface area contributed by atoms with Gasteiger partial charge >= 0.3 is 0 Å². The van der Waals surface area contributed by atoms with Crippen molar-refractivity contribution in [3.05, 3.63) is 69.6 Å². The van der Waals surface area contributed by atoms with Crippen molar-refractivity contribution in [2.24, 2.45) is 0 Å². The molecule has 0 radical (unpaired) electrons. The molecule has 3 nitrogen and oxygen atoms in total. The number of nitrogens with one attached hydrogen (secondary N) is 1. The Labute approximate surface area is 135 Å². The summed E-state index contributed by atoms with van der Waals surface area (Å²) in [5.74, 6) is 0. The van der Waals surface area contributed by atoms with Gasteiger partial charge in [-0.05, 0) is 66.3 Å². The van der Waals surface area contributed by atoms with E-state index in [1.165, 1.54) is 16.5 Å². The van der Waals surface area contributed by atoms with E-state index in [4.69, 9.17) is 11.6 Å². The number of halogens is 1. The van der Waals surface area contributed by atoms with Crippen molar-refractivity contribution in [3.63, 3.8) is 0 Å². The maximum Gasteiger partial charge on any atom is 0.255 e. The minimum absolute atomic E-state index is 0.612. The summed E-state index contributed by atoms with van der Waals surface area (Å²) in [6.07, 6.45) is 4.79. The molecule has 2 aromatic rings. The van der Waals surface area contributed by atoms with Gasteiger partial charge in [0.1, 0.15) is 0 Å². The summed E-state index contributed by atoms with van der Waals surface area (Å²) in [5, 5.41) is 1.79. The maximum atomic E-state index is 12.1. The Bertz CT molecular complexity index is 811. The highest BCUT2D eigenvalue weighted by molar-refractivity contribution is 7.95. The van der Waals surface area contributed by atoms with Gasteiger partial charge in [0.25, 0.3) is 10.0 Å². The van der Waals surface area contributed by atoms with Crippen molar-refractivity contribution < 1.29 is 8.42 Å². The van der Waals surface area contributed by atoms with E-state index < -0.39 is 10.0 Å². The first-order valence-corrected chi connectivity index (χ1v) is 9.02. The molecule has 0 spiro atoms. The molecule has 0 aliphatic heterocycles. The largest absolute Gasteiger partial charge is 0.280 e. The van der Waals surface area contributed by atoms with E-state index in [1.807, 2.05) is 18.2 Å². The third kappa shape index (κ3) is 3.70. The molecular weight excluding hydrogens is 318 g/mol. The van der Waals surface area contributed by atoms with Crippen LogP contribution in [-0.4, -0.2) is 8.42 Å². The van der Waals surface area contributed by atoms with Gasteiger partial charge in [0, 0.05) is 10.7 Å². The van der Waals surface area contributed by atoms with Crippen molar-refractivity contribution in [2.45, 2.75) is 19.3 Å². The van der Waals surface area contributed by atoms with E-state index in [-0.39, 0.29) is 0 Å². The lowest BCUT2D eigenvalue weighted by atomic mass is 10.1. The van der Waals surface area contributed by atoms with Crippen LogP contribution < -0.4 is 4.72 Å². The molecule has 0 amide bonds. The molecule has 3 rings (SSSR count). The van der Waals surface area contributed by atoms with E-state index in [0.717, 1.165) is 24.8 Å². The van der Waals surface area contributed by atoms with Crippen molar-refractivity contribution >= 4 is 33.4 Å². The standard InChI is InChI=1S/C17H16ClNO2S/c18-16-7-4-13(5-8-16)10-11-22(20,21)19-17-9-6-14-2-1-3-15(14)12-17/h4-12,19H,1-3H2/b11-10+. The van der Waals surface area contributed by atoms with E-state index in [1.54, 1.807) is 30.3 Å². The third-order valence-corrected chi connectivity index (χ3v) is 4.93. The predicted octanol–water partition coefficient (Wildman–Crippen LogP) is 4.24. The minimum Gasteiger partial charge on any atom is -0.280 e. The van der Waals surface area contributed by atoms with Crippen LogP contribution in [0.3, 0.4) is 0 Å². The van der Waals surface area contributed by atoms with Gasteiger partial charge in [-0.15, -0.1) is 0 Å². The summed E-state index contributed by atoms with van der Waals surface area (Å²) in [6, 6.07) is 12.7. The lowest BCUT2D eigenvalue weighted by molar-refractivity contribution is 0.609. The molecular formula is C17H16ClNO2S. The normalized spacial score (nSPS) is 14.2. The number of anilines is 1. The lowest BCUT2D eigenvalue weighted by Gasteiger charge is -2.07. The number of rotatable bonds is 4. The summed E-state index contributed by atoms with van der Waals surface area (Å²) in [4.78, 5) is 0. The Hall–Kier alpha value is -1.78. The van der Waals surface area contributed by atoms with Crippen LogP contribution >= 0.6 is 11.6 Å². The number of aryl methyl sites for hydroxylation is 2. The minimum atomic E-state index is -3.52. The molecule has 0 aromatic heterocycles. The van der Waals surface area contributed by atoms with Gasteiger partial charge in [0.15, 0.2) is 0 Å². The molecule has 0 fully saturated rings. The van der Waals surface area contributed by atoms with Crippen LogP contribution in [0.25, 0.3) is 6.08 Å². The molecule has 5 heteroatoms. The average molecular weight is 334 g/mol. The molecule has 2 aromatic carbocycles. The number of sulfonamides is 1. The number of hydrogen-bond acceptors (Lipinski definition) is 2. The van der Waals surface area contributed by atoms with Crippen molar-refractivity contribution in [1.82, 2.24) is 0 Å². The quantitative estimate of drug-likeness (QED) is 0.909. The summed E-state index contributed by atoms with van der Waals surface area (Å²) in [5.41, 5.74) is 3.95. The fourth-order valence-corrected chi connectivity index (χ4v) is 3.56. The van der Waals surface area contributed by atoms with Gasteiger partial charge in [0.2, 0.25) is 0 Å². The second-order valence-corrected chi connectivity index (χ2v) is 7.34. The van der Waals surface area contributed by atoms with Crippen LogP contribution in [0.1, 0.15) is 23.1 Å². The van der Waals surface area contributed by atoms with Crippen molar-refractivity contribution in [1.29, 1.82) is 0 Å². The molecule has 0 bridgehead atoms. The second-order valence-electron chi connectivity index (χ2n) is 5.34. The highest BCUT2D eigenvalue weighted by Crippen LogP contribution is 2.25. The van der Waals surface area contributed by atoms with Crippen LogP contribution in [0.5, 0.6) is 0 Å². The summed E-state index contributed by atoms with van der Waals surface area (Å²) < 4.78 is 26.8. The SMILES string of the molecule is O=S(=O)(/C=C/c1ccc(Cl)cc1)Nc1ccc2c(c1)CCC2. The van der Waals surface area contributed by atoms with Crippen LogP contribution in [0.15, 0.2) is 47.9 Å². The number of hydrogen-bond donors (Lipinski definition) is 1. The Morgan fingerprint density at radius 1 is 1.00 bits per heavy atom. The molecule has 0 atom stereocenters. The van der Waals surface area contributed by atoms with Crippen molar-refractivity contribution in [3.8, 4) is 0 Å². The Morgan fingerprint density at radius 3 is 2.50 bits per heavy atom. The first-order valence-electron chi connectivity index (χ1n) is 7.10. The zero-order valence-corrected chi connectivity index (χ0v) is 13.5. The van der Waals surface area contributed by atoms with Gasteiger partial charge < -0.3 is 0 Å². The lowest BCUT2D eigenvalue weighted by Crippen LogP contribution is -2.09. The highest BCUT2D eigenvalue weighted by atomic mass is 35.5. The van der Waals surface area contributed by atoms with Gasteiger partial charge in [-0.3, -0.25) is 4.72 Å². The maximum absolute atomic E-state index is 12.1. The molecule has 1 N–H and O–H groups in total.